The van der Waals surface area contributed by atoms with Gasteiger partial charge in [0.1, 0.15) is 0 Å². The molecule has 1 aliphatic rings. The molecule has 0 fully saturated rings. The first-order valence-corrected chi connectivity index (χ1v) is 6.32. The normalized spacial score (nSPS) is 13.4. The van der Waals surface area contributed by atoms with Gasteiger partial charge in [-0.25, -0.2) is 0 Å². The van der Waals surface area contributed by atoms with E-state index in [1.165, 1.54) is 11.3 Å². The summed E-state index contributed by atoms with van der Waals surface area (Å²) in [5.74, 6) is 0.667. The van der Waals surface area contributed by atoms with Gasteiger partial charge in [0.25, 0.3) is 5.91 Å². The van der Waals surface area contributed by atoms with E-state index < -0.39 is 0 Å². The van der Waals surface area contributed by atoms with Crippen LogP contribution in [0.4, 0.5) is 5.69 Å². The Labute approximate surface area is 103 Å². The van der Waals surface area contributed by atoms with Gasteiger partial charge < -0.3 is 10.6 Å². The predicted octanol–water partition coefficient (Wildman–Crippen LogP) is 2.43. The maximum Gasteiger partial charge on any atom is 0.251 e. The number of hydrogen-bond donors (Lipinski definition) is 2. The Bertz CT molecular complexity index is 413. The molecule has 17 heavy (non-hydrogen) atoms. The minimum atomic E-state index is 0.0420. The van der Waals surface area contributed by atoms with Crippen molar-refractivity contribution >= 4 is 11.6 Å². The van der Waals surface area contributed by atoms with E-state index in [4.69, 9.17) is 0 Å². The Hall–Kier alpha value is -1.51. The first-order chi connectivity index (χ1) is 8.16. The molecule has 0 atom stereocenters. The van der Waals surface area contributed by atoms with Gasteiger partial charge in [-0.3, -0.25) is 4.79 Å². The number of nitrogens with one attached hydrogen (secondary N) is 2. The fraction of sp³-hybridized carbons (Fsp3) is 0.500. The smallest absolute Gasteiger partial charge is 0.251 e. The van der Waals surface area contributed by atoms with Crippen LogP contribution < -0.4 is 10.6 Å². The van der Waals surface area contributed by atoms with Crippen LogP contribution in [0.2, 0.25) is 0 Å². The molecular weight excluding hydrogens is 212 g/mol. The molecular formula is C14H20N2O. The highest BCUT2D eigenvalue weighted by molar-refractivity contribution is 5.95. The second-order valence-corrected chi connectivity index (χ2v) is 4.99. The Morgan fingerprint density at radius 3 is 3.06 bits per heavy atom. The van der Waals surface area contributed by atoms with Crippen LogP contribution in [0.5, 0.6) is 0 Å². The summed E-state index contributed by atoms with van der Waals surface area (Å²) in [6.45, 7) is 6.06. The van der Waals surface area contributed by atoms with Gasteiger partial charge in [-0.05, 0) is 42.5 Å². The number of benzene rings is 1. The number of rotatable bonds is 4. The standard InChI is InChI=1S/C14H20N2O/c1-10(2)5-7-16-14(17)12-3-4-13-11(9-12)6-8-15-13/h3-4,9-10,15H,5-8H2,1-2H3,(H,16,17). The molecule has 1 aromatic rings. The lowest BCUT2D eigenvalue weighted by atomic mass is 10.1. The van der Waals surface area contributed by atoms with E-state index in [1.807, 2.05) is 18.2 Å². The van der Waals surface area contributed by atoms with Crippen LogP contribution >= 0.6 is 0 Å². The van der Waals surface area contributed by atoms with Crippen molar-refractivity contribution in [1.29, 1.82) is 0 Å². The van der Waals surface area contributed by atoms with Gasteiger partial charge in [0.15, 0.2) is 0 Å². The lowest BCUT2D eigenvalue weighted by molar-refractivity contribution is 0.0952. The van der Waals surface area contributed by atoms with Crippen molar-refractivity contribution in [2.45, 2.75) is 26.7 Å². The number of carbonyl (C=O) groups is 1. The van der Waals surface area contributed by atoms with Crippen LogP contribution in [-0.2, 0) is 6.42 Å². The van der Waals surface area contributed by atoms with Crippen LogP contribution in [0.3, 0.4) is 0 Å². The van der Waals surface area contributed by atoms with Gasteiger partial charge in [-0.15, -0.1) is 0 Å². The van der Waals surface area contributed by atoms with Gasteiger partial charge in [-0.1, -0.05) is 13.8 Å². The highest BCUT2D eigenvalue weighted by atomic mass is 16.1. The summed E-state index contributed by atoms with van der Waals surface area (Å²) in [7, 11) is 0. The summed E-state index contributed by atoms with van der Waals surface area (Å²) in [4.78, 5) is 11.9. The summed E-state index contributed by atoms with van der Waals surface area (Å²) in [6, 6.07) is 5.89. The first-order valence-electron chi connectivity index (χ1n) is 6.32. The maximum absolute atomic E-state index is 11.9. The molecule has 0 unspecified atom stereocenters. The third kappa shape index (κ3) is 2.99. The molecule has 1 amide bonds. The van der Waals surface area contributed by atoms with Crippen molar-refractivity contribution in [3.63, 3.8) is 0 Å². The number of hydrogen-bond acceptors (Lipinski definition) is 2. The monoisotopic (exact) mass is 232 g/mol. The van der Waals surface area contributed by atoms with Gasteiger partial charge in [0.2, 0.25) is 0 Å². The van der Waals surface area contributed by atoms with Crippen LogP contribution in [0.25, 0.3) is 0 Å². The van der Waals surface area contributed by atoms with E-state index in [9.17, 15) is 4.79 Å². The summed E-state index contributed by atoms with van der Waals surface area (Å²) >= 11 is 0. The van der Waals surface area contributed by atoms with Crippen molar-refractivity contribution in [2.75, 3.05) is 18.4 Å². The van der Waals surface area contributed by atoms with Crippen molar-refractivity contribution in [3.8, 4) is 0 Å². The quantitative estimate of drug-likeness (QED) is 0.837. The van der Waals surface area contributed by atoms with E-state index >= 15 is 0 Å². The molecule has 3 heteroatoms. The third-order valence-corrected chi connectivity index (χ3v) is 3.08. The fourth-order valence-electron chi connectivity index (χ4n) is 2.02. The molecule has 2 N–H and O–H groups in total. The second-order valence-electron chi connectivity index (χ2n) is 4.99. The molecule has 0 bridgehead atoms. The molecule has 0 saturated heterocycles. The van der Waals surface area contributed by atoms with Crippen LogP contribution in [-0.4, -0.2) is 19.0 Å². The second kappa shape index (κ2) is 5.21. The topological polar surface area (TPSA) is 41.1 Å². The van der Waals surface area contributed by atoms with Crippen molar-refractivity contribution in [3.05, 3.63) is 29.3 Å². The van der Waals surface area contributed by atoms with Gasteiger partial charge in [0.05, 0.1) is 0 Å². The van der Waals surface area contributed by atoms with Crippen LogP contribution in [0.1, 0.15) is 36.2 Å². The van der Waals surface area contributed by atoms with Crippen molar-refractivity contribution in [2.24, 2.45) is 5.92 Å². The molecule has 0 saturated carbocycles. The Morgan fingerprint density at radius 2 is 2.29 bits per heavy atom. The number of anilines is 1. The van der Waals surface area contributed by atoms with Crippen LogP contribution in [0, 0.1) is 5.92 Å². The molecule has 92 valence electrons. The van der Waals surface area contributed by atoms with E-state index in [-0.39, 0.29) is 5.91 Å². The predicted molar refractivity (Wildman–Crippen MR) is 70.4 cm³/mol. The SMILES string of the molecule is CC(C)CCNC(=O)c1ccc2c(c1)CCN2. The Balaban J connectivity index is 1.95. The highest BCUT2D eigenvalue weighted by Gasteiger charge is 2.13. The Kier molecular flexibility index (Phi) is 3.67. The average molecular weight is 232 g/mol. The van der Waals surface area contributed by atoms with E-state index in [1.54, 1.807) is 0 Å². The lowest BCUT2D eigenvalue weighted by Gasteiger charge is -2.08. The molecule has 2 rings (SSSR count). The maximum atomic E-state index is 11.9. The zero-order valence-corrected chi connectivity index (χ0v) is 10.5. The minimum absolute atomic E-state index is 0.0420. The molecule has 1 heterocycles. The summed E-state index contributed by atoms with van der Waals surface area (Å²) < 4.78 is 0. The Morgan fingerprint density at radius 1 is 1.47 bits per heavy atom. The number of carbonyl (C=O) groups excluding carboxylic acids is 1. The van der Waals surface area contributed by atoms with Gasteiger partial charge in [0, 0.05) is 24.3 Å². The molecule has 0 radical (unpaired) electrons. The molecule has 0 aliphatic carbocycles. The minimum Gasteiger partial charge on any atom is -0.384 e. The largest absolute Gasteiger partial charge is 0.384 e. The zero-order valence-electron chi connectivity index (χ0n) is 10.5. The number of amides is 1. The highest BCUT2D eigenvalue weighted by Crippen LogP contribution is 2.22. The fourth-order valence-corrected chi connectivity index (χ4v) is 2.02. The summed E-state index contributed by atoms with van der Waals surface area (Å²) in [5.41, 5.74) is 3.20. The van der Waals surface area contributed by atoms with Gasteiger partial charge >= 0.3 is 0 Å². The van der Waals surface area contributed by atoms with E-state index in [2.05, 4.69) is 24.5 Å². The van der Waals surface area contributed by atoms with Crippen molar-refractivity contribution < 1.29 is 4.79 Å². The van der Waals surface area contributed by atoms with E-state index in [0.717, 1.165) is 31.5 Å². The molecule has 1 aromatic carbocycles. The first kappa shape index (κ1) is 12.0. The lowest BCUT2D eigenvalue weighted by Crippen LogP contribution is -2.25. The third-order valence-electron chi connectivity index (χ3n) is 3.08. The van der Waals surface area contributed by atoms with Gasteiger partial charge in [-0.2, -0.15) is 0 Å². The summed E-state index contributed by atoms with van der Waals surface area (Å²) in [5, 5.41) is 6.25. The zero-order chi connectivity index (χ0) is 12.3. The van der Waals surface area contributed by atoms with Crippen molar-refractivity contribution in [1.82, 2.24) is 5.32 Å². The van der Waals surface area contributed by atoms with Crippen LogP contribution in [0.15, 0.2) is 18.2 Å². The average Bonchev–Trinajstić information content (AvgIpc) is 2.75. The summed E-state index contributed by atoms with van der Waals surface area (Å²) in [6.07, 6.45) is 2.04. The molecule has 0 spiro atoms. The molecule has 1 aliphatic heterocycles. The molecule has 3 nitrogen and oxygen atoms in total. The number of fused-ring (bicyclic) bond motifs is 1. The molecule has 0 aromatic heterocycles. The van der Waals surface area contributed by atoms with E-state index in [0.29, 0.717) is 5.92 Å².